The first-order valence-electron chi connectivity index (χ1n) is 7.87. The van der Waals surface area contributed by atoms with E-state index in [0.29, 0.717) is 10.9 Å². The average molecular weight is 353 g/mol. The zero-order valence-electron chi connectivity index (χ0n) is 13.5. The fourth-order valence-corrected chi connectivity index (χ4v) is 2.69. The fraction of sp³-hybridized carbons (Fsp3) is 0.0909. The fourth-order valence-electron chi connectivity index (χ4n) is 2.58. The summed E-state index contributed by atoms with van der Waals surface area (Å²) in [5, 5.41) is 1.40. The number of fused-ring (bicyclic) bond motifs is 1. The molecule has 0 aromatic heterocycles. The van der Waals surface area contributed by atoms with E-state index in [1.165, 1.54) is 12.1 Å². The lowest BCUT2D eigenvalue weighted by Gasteiger charge is -2.05. The van der Waals surface area contributed by atoms with E-state index in [1.54, 1.807) is 18.2 Å². The highest BCUT2D eigenvalue weighted by Crippen LogP contribution is 2.23. The van der Waals surface area contributed by atoms with Crippen LogP contribution in [-0.4, -0.2) is 0 Å². The van der Waals surface area contributed by atoms with E-state index in [-0.39, 0.29) is 16.4 Å². The van der Waals surface area contributed by atoms with Gasteiger partial charge in [0, 0.05) is 10.9 Å². The van der Waals surface area contributed by atoms with Gasteiger partial charge in [0.15, 0.2) is 0 Å². The highest BCUT2D eigenvalue weighted by atomic mass is 35.5. The average Bonchev–Trinajstić information content (AvgIpc) is 2.62. The number of halogens is 3. The molecule has 3 aromatic carbocycles. The van der Waals surface area contributed by atoms with Gasteiger partial charge in [0.05, 0.1) is 10.6 Å². The highest BCUT2D eigenvalue weighted by Gasteiger charge is 2.06. The SMILES string of the molecule is C=CCCc1ccc2c(F)c(C#Cc3ccc(Cl)c(F)c3)ccc2c1. The summed E-state index contributed by atoms with van der Waals surface area (Å²) < 4.78 is 28.1. The molecule has 3 rings (SSSR count). The summed E-state index contributed by atoms with van der Waals surface area (Å²) in [6.45, 7) is 3.71. The quantitative estimate of drug-likeness (QED) is 0.384. The largest absolute Gasteiger partial charge is 0.205 e. The van der Waals surface area contributed by atoms with Crippen molar-refractivity contribution in [1.29, 1.82) is 0 Å². The van der Waals surface area contributed by atoms with Crippen molar-refractivity contribution >= 4 is 22.4 Å². The van der Waals surface area contributed by atoms with E-state index in [0.717, 1.165) is 23.8 Å². The molecule has 0 saturated carbocycles. The van der Waals surface area contributed by atoms with Gasteiger partial charge in [-0.25, -0.2) is 8.78 Å². The standard InChI is InChI=1S/C22H15ClF2/c1-2-3-4-15-6-11-19-18(13-15)10-9-17(22(19)25)8-5-16-7-12-20(23)21(24)14-16/h2,6-7,9-14H,1,3-4H2. The summed E-state index contributed by atoms with van der Waals surface area (Å²) in [5.74, 6) is 4.63. The summed E-state index contributed by atoms with van der Waals surface area (Å²) in [6, 6.07) is 13.4. The molecular formula is C22H15ClF2. The van der Waals surface area contributed by atoms with Crippen molar-refractivity contribution in [1.82, 2.24) is 0 Å². The van der Waals surface area contributed by atoms with E-state index in [1.807, 2.05) is 24.3 Å². The zero-order chi connectivity index (χ0) is 17.8. The first-order valence-corrected chi connectivity index (χ1v) is 8.25. The van der Waals surface area contributed by atoms with Crippen LogP contribution < -0.4 is 0 Å². The predicted octanol–water partition coefficient (Wildman–Crippen LogP) is 6.29. The van der Waals surface area contributed by atoms with Crippen LogP contribution >= 0.6 is 11.6 Å². The predicted molar refractivity (Wildman–Crippen MR) is 99.8 cm³/mol. The Morgan fingerprint density at radius 1 is 1.00 bits per heavy atom. The van der Waals surface area contributed by atoms with Gasteiger partial charge < -0.3 is 0 Å². The number of hydrogen-bond acceptors (Lipinski definition) is 0. The molecule has 0 nitrogen and oxygen atoms in total. The second kappa shape index (κ2) is 7.51. The third-order valence-electron chi connectivity index (χ3n) is 3.92. The molecule has 0 aliphatic rings. The van der Waals surface area contributed by atoms with Gasteiger partial charge in [-0.05, 0) is 48.1 Å². The molecule has 0 aliphatic heterocycles. The minimum atomic E-state index is -0.542. The minimum absolute atomic E-state index is 0.0368. The molecule has 0 aliphatic carbocycles. The van der Waals surface area contributed by atoms with E-state index in [4.69, 9.17) is 11.6 Å². The van der Waals surface area contributed by atoms with Crippen LogP contribution in [0, 0.1) is 23.5 Å². The Hall–Kier alpha value is -2.63. The van der Waals surface area contributed by atoms with Crippen molar-refractivity contribution in [3.05, 3.63) is 94.5 Å². The van der Waals surface area contributed by atoms with Crippen LogP contribution in [0.1, 0.15) is 23.1 Å². The van der Waals surface area contributed by atoms with Gasteiger partial charge >= 0.3 is 0 Å². The molecule has 3 heteroatoms. The Balaban J connectivity index is 1.95. The molecule has 0 unspecified atom stereocenters. The molecule has 0 heterocycles. The monoisotopic (exact) mass is 352 g/mol. The van der Waals surface area contributed by atoms with E-state index in [9.17, 15) is 8.78 Å². The van der Waals surface area contributed by atoms with Crippen molar-refractivity contribution in [3.8, 4) is 11.8 Å². The first-order chi connectivity index (χ1) is 12.1. The molecule has 0 amide bonds. The molecule has 0 fully saturated rings. The maximum atomic E-state index is 14.7. The Kier molecular flexibility index (Phi) is 5.16. The second-order valence-corrected chi connectivity index (χ2v) is 6.10. The number of allylic oxidation sites excluding steroid dienone is 1. The summed E-state index contributed by atoms with van der Waals surface area (Å²) in [6.07, 6.45) is 3.63. The number of hydrogen-bond donors (Lipinski definition) is 0. The molecule has 0 saturated heterocycles. The van der Waals surface area contributed by atoms with Crippen molar-refractivity contribution in [2.24, 2.45) is 0 Å². The van der Waals surface area contributed by atoms with Crippen molar-refractivity contribution in [3.63, 3.8) is 0 Å². The van der Waals surface area contributed by atoms with Gasteiger partial charge in [0.25, 0.3) is 0 Å². The van der Waals surface area contributed by atoms with Crippen molar-refractivity contribution in [2.75, 3.05) is 0 Å². The van der Waals surface area contributed by atoms with Gasteiger partial charge in [0.1, 0.15) is 11.6 Å². The lowest BCUT2D eigenvalue weighted by atomic mass is 10.0. The molecule has 0 atom stereocenters. The van der Waals surface area contributed by atoms with Gasteiger partial charge in [-0.2, -0.15) is 0 Å². The Labute approximate surface area is 150 Å². The van der Waals surface area contributed by atoms with Crippen LogP contribution in [0.25, 0.3) is 10.8 Å². The molecule has 3 aromatic rings. The van der Waals surface area contributed by atoms with Crippen LogP contribution in [0.4, 0.5) is 8.78 Å². The van der Waals surface area contributed by atoms with E-state index >= 15 is 0 Å². The third-order valence-corrected chi connectivity index (χ3v) is 4.22. The van der Waals surface area contributed by atoms with Crippen molar-refractivity contribution in [2.45, 2.75) is 12.8 Å². The summed E-state index contributed by atoms with van der Waals surface area (Å²) in [7, 11) is 0. The summed E-state index contributed by atoms with van der Waals surface area (Å²) >= 11 is 5.64. The molecular weight excluding hydrogens is 338 g/mol. The summed E-state index contributed by atoms with van der Waals surface area (Å²) in [5.41, 5.74) is 1.87. The third kappa shape index (κ3) is 3.90. The van der Waals surface area contributed by atoms with E-state index < -0.39 is 5.82 Å². The highest BCUT2D eigenvalue weighted by molar-refractivity contribution is 6.30. The molecule has 0 bridgehead atoms. The number of benzene rings is 3. The molecule has 0 N–H and O–H groups in total. The van der Waals surface area contributed by atoms with Crippen LogP contribution in [0.2, 0.25) is 5.02 Å². The minimum Gasteiger partial charge on any atom is -0.205 e. The Morgan fingerprint density at radius 3 is 2.60 bits per heavy atom. The molecule has 0 radical (unpaired) electrons. The maximum Gasteiger partial charge on any atom is 0.146 e. The van der Waals surface area contributed by atoms with Crippen LogP contribution in [0.15, 0.2) is 61.2 Å². The van der Waals surface area contributed by atoms with Gasteiger partial charge in [-0.3, -0.25) is 0 Å². The van der Waals surface area contributed by atoms with Crippen LogP contribution in [0.3, 0.4) is 0 Å². The maximum absolute atomic E-state index is 14.7. The first kappa shape index (κ1) is 17.2. The van der Waals surface area contributed by atoms with Gasteiger partial charge in [-0.15, -0.1) is 6.58 Å². The second-order valence-electron chi connectivity index (χ2n) is 5.69. The molecule has 124 valence electrons. The van der Waals surface area contributed by atoms with Crippen molar-refractivity contribution < 1.29 is 8.78 Å². The van der Waals surface area contributed by atoms with Gasteiger partial charge in [0.2, 0.25) is 0 Å². The van der Waals surface area contributed by atoms with Crippen LogP contribution in [0.5, 0.6) is 0 Å². The number of rotatable bonds is 3. The Bertz CT molecular complexity index is 1010. The lowest BCUT2D eigenvalue weighted by molar-refractivity contribution is 0.628. The van der Waals surface area contributed by atoms with Crippen LogP contribution in [-0.2, 0) is 6.42 Å². The number of aryl methyl sites for hydroxylation is 1. The lowest BCUT2D eigenvalue weighted by Crippen LogP contribution is -1.89. The summed E-state index contributed by atoms with van der Waals surface area (Å²) in [4.78, 5) is 0. The van der Waals surface area contributed by atoms with Gasteiger partial charge in [-0.1, -0.05) is 53.8 Å². The topological polar surface area (TPSA) is 0 Å². The Morgan fingerprint density at radius 2 is 1.84 bits per heavy atom. The van der Waals surface area contributed by atoms with E-state index in [2.05, 4.69) is 18.4 Å². The molecule has 0 spiro atoms. The normalized spacial score (nSPS) is 10.4. The molecule has 25 heavy (non-hydrogen) atoms. The zero-order valence-corrected chi connectivity index (χ0v) is 14.2. The smallest absolute Gasteiger partial charge is 0.146 e.